The minimum atomic E-state index is -1.39. The SMILES string of the molecule is CCOC(=O)c1[nH]c2cc(Cl)c(C(=O)OC(C)(C)C)c(Cl)c2c1NOC(=O)C(=O)OC. The molecule has 12 heteroatoms. The van der Waals surface area contributed by atoms with Gasteiger partial charge in [0.1, 0.15) is 11.3 Å². The molecule has 0 unspecified atom stereocenters. The average molecular weight is 475 g/mol. The molecule has 0 atom stereocenters. The molecule has 1 aromatic heterocycles. The van der Waals surface area contributed by atoms with Crippen molar-refractivity contribution < 1.29 is 38.2 Å². The number of H-pyrrole nitrogens is 1. The number of hydrogen-bond donors (Lipinski definition) is 2. The highest BCUT2D eigenvalue weighted by molar-refractivity contribution is 6.44. The lowest BCUT2D eigenvalue weighted by Gasteiger charge is -2.20. The lowest BCUT2D eigenvalue weighted by Crippen LogP contribution is -2.24. The van der Waals surface area contributed by atoms with Crippen LogP contribution in [-0.2, 0) is 28.6 Å². The largest absolute Gasteiger partial charge is 0.461 e. The highest BCUT2D eigenvalue weighted by atomic mass is 35.5. The molecular weight excluding hydrogens is 455 g/mol. The van der Waals surface area contributed by atoms with Crippen molar-refractivity contribution in [3.05, 3.63) is 27.4 Å². The van der Waals surface area contributed by atoms with Crippen LogP contribution in [0.2, 0.25) is 10.0 Å². The van der Waals surface area contributed by atoms with Crippen molar-refractivity contribution in [2.75, 3.05) is 19.2 Å². The van der Waals surface area contributed by atoms with E-state index in [9.17, 15) is 19.2 Å². The summed E-state index contributed by atoms with van der Waals surface area (Å²) in [6.45, 7) is 6.64. The molecule has 0 radical (unpaired) electrons. The normalized spacial score (nSPS) is 11.1. The molecular formula is C19H20Cl2N2O8. The highest BCUT2D eigenvalue weighted by Gasteiger charge is 2.29. The summed E-state index contributed by atoms with van der Waals surface area (Å²) in [5.41, 5.74) is 1.09. The van der Waals surface area contributed by atoms with Crippen LogP contribution in [0.4, 0.5) is 5.69 Å². The standard InChI is InChI=1S/C19H20Cl2N2O8/c1-6-29-16(25)14-13(23-31-18(27)17(26)28-5)11-9(22-14)7-8(20)10(12(11)21)15(24)30-19(2,3)4/h7,22-23H,6H2,1-5H3. The van der Waals surface area contributed by atoms with Gasteiger partial charge < -0.3 is 24.0 Å². The third-order valence-corrected chi connectivity index (χ3v) is 4.33. The fraction of sp³-hybridized carbons (Fsp3) is 0.368. The van der Waals surface area contributed by atoms with Crippen LogP contribution < -0.4 is 5.48 Å². The summed E-state index contributed by atoms with van der Waals surface area (Å²) < 4.78 is 14.6. The van der Waals surface area contributed by atoms with Gasteiger partial charge in [-0.1, -0.05) is 23.2 Å². The summed E-state index contributed by atoms with van der Waals surface area (Å²) in [5, 5.41) is -0.144. The molecule has 0 aliphatic carbocycles. The Morgan fingerprint density at radius 2 is 1.74 bits per heavy atom. The Morgan fingerprint density at radius 3 is 2.29 bits per heavy atom. The molecule has 0 spiro atoms. The van der Waals surface area contributed by atoms with E-state index >= 15 is 0 Å². The van der Waals surface area contributed by atoms with Gasteiger partial charge in [-0.25, -0.2) is 24.7 Å². The van der Waals surface area contributed by atoms with Crippen LogP contribution >= 0.6 is 23.2 Å². The molecule has 10 nitrogen and oxygen atoms in total. The van der Waals surface area contributed by atoms with Crippen molar-refractivity contribution in [1.29, 1.82) is 0 Å². The number of nitrogens with one attached hydrogen (secondary N) is 2. The van der Waals surface area contributed by atoms with Crippen molar-refractivity contribution in [2.45, 2.75) is 33.3 Å². The Morgan fingerprint density at radius 1 is 1.10 bits per heavy atom. The van der Waals surface area contributed by atoms with Gasteiger partial charge in [0.15, 0.2) is 5.69 Å². The van der Waals surface area contributed by atoms with Gasteiger partial charge in [0.25, 0.3) is 0 Å². The molecule has 31 heavy (non-hydrogen) atoms. The fourth-order valence-electron chi connectivity index (χ4n) is 2.48. The number of benzene rings is 1. The number of ether oxygens (including phenoxy) is 3. The first-order chi connectivity index (χ1) is 14.4. The number of rotatable bonds is 5. The van der Waals surface area contributed by atoms with E-state index in [1.54, 1.807) is 27.7 Å². The van der Waals surface area contributed by atoms with E-state index in [1.165, 1.54) is 6.07 Å². The minimum absolute atomic E-state index is 0.0403. The molecule has 0 aliphatic rings. The number of anilines is 1. The summed E-state index contributed by atoms with van der Waals surface area (Å²) in [7, 11) is 0.991. The molecule has 2 aromatic rings. The maximum Gasteiger partial charge on any atom is 0.441 e. The van der Waals surface area contributed by atoms with Gasteiger partial charge in [-0.05, 0) is 33.8 Å². The number of carbonyl (C=O) groups excluding carboxylic acids is 4. The molecule has 0 saturated carbocycles. The maximum atomic E-state index is 12.6. The first-order valence-corrected chi connectivity index (χ1v) is 9.66. The van der Waals surface area contributed by atoms with E-state index in [0.29, 0.717) is 0 Å². The summed E-state index contributed by atoms with van der Waals surface area (Å²) in [6, 6.07) is 1.35. The van der Waals surface area contributed by atoms with Gasteiger partial charge in [-0.3, -0.25) is 0 Å². The molecule has 1 heterocycles. The summed E-state index contributed by atoms with van der Waals surface area (Å²) in [5.74, 6) is -4.29. The number of methoxy groups -OCH3 is 1. The molecule has 0 aliphatic heterocycles. The number of esters is 3. The van der Waals surface area contributed by atoms with E-state index in [0.717, 1.165) is 7.11 Å². The molecule has 2 rings (SSSR count). The fourth-order valence-corrected chi connectivity index (χ4v) is 3.19. The molecule has 0 bridgehead atoms. The zero-order valence-electron chi connectivity index (χ0n) is 17.3. The first kappa shape index (κ1) is 24.3. The molecule has 1 aromatic carbocycles. The second kappa shape index (κ2) is 9.44. The van der Waals surface area contributed by atoms with Crippen LogP contribution in [0.1, 0.15) is 48.5 Å². The smallest absolute Gasteiger partial charge is 0.441 e. The van der Waals surface area contributed by atoms with E-state index in [-0.39, 0.29) is 44.5 Å². The second-order valence-electron chi connectivity index (χ2n) is 7.05. The monoisotopic (exact) mass is 474 g/mol. The summed E-state index contributed by atoms with van der Waals surface area (Å²) in [6.07, 6.45) is 0. The highest BCUT2D eigenvalue weighted by Crippen LogP contribution is 2.40. The molecule has 0 amide bonds. The predicted molar refractivity (Wildman–Crippen MR) is 111 cm³/mol. The van der Waals surface area contributed by atoms with Crippen LogP contribution in [0.25, 0.3) is 10.9 Å². The molecule has 0 fully saturated rings. The molecule has 0 saturated heterocycles. The third kappa shape index (κ3) is 5.39. The van der Waals surface area contributed by atoms with Crippen LogP contribution in [0, 0.1) is 0 Å². The van der Waals surface area contributed by atoms with Crippen molar-refractivity contribution >= 4 is 63.7 Å². The van der Waals surface area contributed by atoms with Crippen molar-refractivity contribution in [1.82, 2.24) is 4.98 Å². The van der Waals surface area contributed by atoms with Crippen molar-refractivity contribution in [3.8, 4) is 0 Å². The maximum absolute atomic E-state index is 12.6. The summed E-state index contributed by atoms with van der Waals surface area (Å²) >= 11 is 12.7. The van der Waals surface area contributed by atoms with Gasteiger partial charge >= 0.3 is 23.9 Å². The Balaban J connectivity index is 2.66. The van der Waals surface area contributed by atoms with Gasteiger partial charge in [-0.15, -0.1) is 0 Å². The topological polar surface area (TPSA) is 133 Å². The third-order valence-electron chi connectivity index (χ3n) is 3.66. The van der Waals surface area contributed by atoms with E-state index in [1.807, 2.05) is 0 Å². The predicted octanol–water partition coefficient (Wildman–Crippen LogP) is 3.65. The number of aromatic nitrogens is 1. The Bertz CT molecular complexity index is 1060. The van der Waals surface area contributed by atoms with Crippen LogP contribution in [0.15, 0.2) is 6.07 Å². The van der Waals surface area contributed by atoms with Crippen LogP contribution in [-0.4, -0.2) is 48.2 Å². The molecule has 2 N–H and O–H groups in total. The van der Waals surface area contributed by atoms with Gasteiger partial charge in [-0.2, -0.15) is 0 Å². The van der Waals surface area contributed by atoms with E-state index < -0.39 is 29.5 Å². The zero-order chi connectivity index (χ0) is 23.5. The molecule has 168 valence electrons. The van der Waals surface area contributed by atoms with Gasteiger partial charge in [0, 0.05) is 5.39 Å². The Hall–Kier alpha value is -2.98. The number of fused-ring (bicyclic) bond motifs is 1. The van der Waals surface area contributed by atoms with Crippen LogP contribution in [0.3, 0.4) is 0 Å². The first-order valence-electron chi connectivity index (χ1n) is 8.90. The number of aromatic amines is 1. The van der Waals surface area contributed by atoms with Crippen molar-refractivity contribution in [2.24, 2.45) is 0 Å². The van der Waals surface area contributed by atoms with Gasteiger partial charge in [0.05, 0.1) is 34.8 Å². The number of hydrogen-bond acceptors (Lipinski definition) is 9. The average Bonchev–Trinajstić information content (AvgIpc) is 3.02. The van der Waals surface area contributed by atoms with Gasteiger partial charge in [0.2, 0.25) is 0 Å². The quantitative estimate of drug-likeness (QED) is 0.288. The number of halogens is 2. The Labute approximate surface area is 187 Å². The number of carbonyl (C=O) groups is 4. The second-order valence-corrected chi connectivity index (χ2v) is 7.84. The van der Waals surface area contributed by atoms with Crippen LogP contribution in [0.5, 0.6) is 0 Å². The Kier molecular flexibility index (Phi) is 7.40. The minimum Gasteiger partial charge on any atom is -0.461 e. The lowest BCUT2D eigenvalue weighted by molar-refractivity contribution is -0.164. The zero-order valence-corrected chi connectivity index (χ0v) is 18.8. The van der Waals surface area contributed by atoms with Crippen molar-refractivity contribution in [3.63, 3.8) is 0 Å². The van der Waals surface area contributed by atoms with E-state index in [2.05, 4.69) is 20.0 Å². The van der Waals surface area contributed by atoms with E-state index in [4.69, 9.17) is 32.7 Å². The summed E-state index contributed by atoms with van der Waals surface area (Å²) in [4.78, 5) is 55.4. The lowest BCUT2D eigenvalue weighted by atomic mass is 10.1.